The number of carbonyl (C=O) groups is 2. The Morgan fingerprint density at radius 1 is 0.943 bits per heavy atom. The SMILES string of the molecule is CC.CC.O=C(O)c1ccc(F)c(-c2ccc3c(c2)CCCN3C(=O)c2c(F)cccc2Cl)c1F. The van der Waals surface area contributed by atoms with Gasteiger partial charge in [0.15, 0.2) is 0 Å². The van der Waals surface area contributed by atoms with Crippen LogP contribution in [0.25, 0.3) is 11.1 Å². The Morgan fingerprint density at radius 2 is 1.63 bits per heavy atom. The Bertz CT molecular complexity index is 1210. The zero-order chi connectivity index (χ0) is 26.3. The zero-order valence-corrected chi connectivity index (χ0v) is 20.7. The fourth-order valence-electron chi connectivity index (χ4n) is 3.78. The first kappa shape index (κ1) is 27.9. The molecule has 0 saturated heterocycles. The van der Waals surface area contributed by atoms with Crippen LogP contribution in [0.1, 0.15) is 60.4 Å². The highest BCUT2D eigenvalue weighted by Gasteiger charge is 2.28. The third-order valence-corrected chi connectivity index (χ3v) is 5.55. The van der Waals surface area contributed by atoms with E-state index in [0.717, 1.165) is 18.2 Å². The molecule has 0 spiro atoms. The number of anilines is 1. The Kier molecular flexibility index (Phi) is 9.89. The van der Waals surface area contributed by atoms with Gasteiger partial charge in [0.25, 0.3) is 5.91 Å². The first-order valence-corrected chi connectivity index (χ1v) is 11.8. The van der Waals surface area contributed by atoms with E-state index in [1.165, 1.54) is 35.2 Å². The molecule has 1 heterocycles. The number of rotatable bonds is 3. The van der Waals surface area contributed by atoms with Gasteiger partial charge in [-0.2, -0.15) is 0 Å². The lowest BCUT2D eigenvalue weighted by atomic mass is 9.94. The molecule has 4 rings (SSSR count). The summed E-state index contributed by atoms with van der Waals surface area (Å²) in [6.45, 7) is 8.33. The fraction of sp³-hybridized carbons (Fsp3) is 0.259. The average molecular weight is 506 g/mol. The molecular formula is C27H27ClF3NO3. The van der Waals surface area contributed by atoms with Gasteiger partial charge in [-0.3, -0.25) is 4.79 Å². The second-order valence-corrected chi connectivity index (χ2v) is 7.50. The Morgan fingerprint density at radius 3 is 2.26 bits per heavy atom. The minimum absolute atomic E-state index is 0.0108. The lowest BCUT2D eigenvalue weighted by Gasteiger charge is -2.30. The van der Waals surface area contributed by atoms with Crippen molar-refractivity contribution in [1.29, 1.82) is 0 Å². The van der Waals surface area contributed by atoms with E-state index in [-0.39, 0.29) is 16.1 Å². The molecule has 1 aliphatic rings. The third kappa shape index (κ3) is 5.68. The van der Waals surface area contributed by atoms with Gasteiger partial charge in [0.1, 0.15) is 17.5 Å². The van der Waals surface area contributed by atoms with E-state index < -0.39 is 40.5 Å². The van der Waals surface area contributed by atoms with Crippen molar-refractivity contribution in [2.24, 2.45) is 0 Å². The number of hydrogen-bond donors (Lipinski definition) is 1. The van der Waals surface area contributed by atoms with Crippen LogP contribution in [0.2, 0.25) is 5.02 Å². The molecule has 3 aromatic carbocycles. The predicted octanol–water partition coefficient (Wildman–Crippen LogP) is 7.77. The van der Waals surface area contributed by atoms with Crippen LogP contribution in [0, 0.1) is 17.5 Å². The molecule has 0 aromatic heterocycles. The number of benzene rings is 3. The van der Waals surface area contributed by atoms with Crippen molar-refractivity contribution < 1.29 is 27.9 Å². The summed E-state index contributed by atoms with van der Waals surface area (Å²) in [5.41, 5.74) is -0.0792. The molecule has 0 fully saturated rings. The molecule has 186 valence electrons. The summed E-state index contributed by atoms with van der Waals surface area (Å²) in [6.07, 6.45) is 1.08. The lowest BCUT2D eigenvalue weighted by molar-refractivity contribution is 0.0691. The predicted molar refractivity (Wildman–Crippen MR) is 133 cm³/mol. The topological polar surface area (TPSA) is 57.6 Å². The number of amides is 1. The van der Waals surface area contributed by atoms with Gasteiger partial charge in [0.2, 0.25) is 0 Å². The van der Waals surface area contributed by atoms with Crippen LogP contribution in [0.3, 0.4) is 0 Å². The highest BCUT2D eigenvalue weighted by Crippen LogP contribution is 2.36. The maximum absolute atomic E-state index is 14.7. The number of halogens is 4. The molecule has 3 aromatic rings. The van der Waals surface area contributed by atoms with Crippen LogP contribution in [0.4, 0.5) is 18.9 Å². The van der Waals surface area contributed by atoms with Crippen molar-refractivity contribution >= 4 is 29.2 Å². The Hall–Kier alpha value is -3.32. The summed E-state index contributed by atoms with van der Waals surface area (Å²) < 4.78 is 43.3. The van der Waals surface area contributed by atoms with Gasteiger partial charge >= 0.3 is 5.97 Å². The van der Waals surface area contributed by atoms with Crippen LogP contribution in [0.5, 0.6) is 0 Å². The molecule has 0 radical (unpaired) electrons. The van der Waals surface area contributed by atoms with E-state index in [1.54, 1.807) is 0 Å². The average Bonchev–Trinajstić information content (AvgIpc) is 2.85. The fourth-order valence-corrected chi connectivity index (χ4v) is 4.03. The van der Waals surface area contributed by atoms with Crippen molar-refractivity contribution in [3.63, 3.8) is 0 Å². The minimum Gasteiger partial charge on any atom is -0.478 e. The van der Waals surface area contributed by atoms with Gasteiger partial charge in [-0.05, 0) is 60.4 Å². The molecule has 0 bridgehead atoms. The molecule has 4 nitrogen and oxygen atoms in total. The molecule has 0 unspecified atom stereocenters. The maximum Gasteiger partial charge on any atom is 0.338 e. The van der Waals surface area contributed by atoms with Crippen LogP contribution in [-0.2, 0) is 6.42 Å². The quantitative estimate of drug-likeness (QED) is 0.395. The maximum atomic E-state index is 14.7. The van der Waals surface area contributed by atoms with Gasteiger partial charge in [-0.25, -0.2) is 18.0 Å². The normalized spacial score (nSPS) is 11.9. The summed E-state index contributed by atoms with van der Waals surface area (Å²) in [5, 5.41) is 9.11. The number of hydrogen-bond acceptors (Lipinski definition) is 2. The van der Waals surface area contributed by atoms with Gasteiger partial charge in [0.05, 0.1) is 21.7 Å². The number of aryl methyl sites for hydroxylation is 1. The van der Waals surface area contributed by atoms with Crippen LogP contribution in [0.15, 0.2) is 48.5 Å². The first-order valence-electron chi connectivity index (χ1n) is 11.4. The smallest absolute Gasteiger partial charge is 0.338 e. The van der Waals surface area contributed by atoms with E-state index in [1.807, 2.05) is 27.7 Å². The molecule has 1 amide bonds. The summed E-state index contributed by atoms with van der Waals surface area (Å²) in [5.74, 6) is -4.92. The summed E-state index contributed by atoms with van der Waals surface area (Å²) in [6, 6.07) is 10.2. The number of carbonyl (C=O) groups excluding carboxylic acids is 1. The number of nitrogens with zero attached hydrogens (tertiary/aromatic N) is 1. The molecular weight excluding hydrogens is 479 g/mol. The van der Waals surface area contributed by atoms with Crippen molar-refractivity contribution in [3.05, 3.63) is 87.7 Å². The molecule has 0 saturated carbocycles. The molecule has 0 atom stereocenters. The van der Waals surface area contributed by atoms with Gasteiger partial charge in [-0.1, -0.05) is 51.4 Å². The monoisotopic (exact) mass is 505 g/mol. The largest absolute Gasteiger partial charge is 0.478 e. The number of carboxylic acids is 1. The van der Waals surface area contributed by atoms with Crippen molar-refractivity contribution in [2.45, 2.75) is 40.5 Å². The van der Waals surface area contributed by atoms with E-state index in [9.17, 15) is 22.8 Å². The van der Waals surface area contributed by atoms with E-state index in [0.29, 0.717) is 30.6 Å². The lowest BCUT2D eigenvalue weighted by Crippen LogP contribution is -2.36. The number of aromatic carboxylic acids is 1. The molecule has 0 aliphatic carbocycles. The Labute approximate surface area is 208 Å². The Balaban J connectivity index is 0.00000103. The molecule has 35 heavy (non-hydrogen) atoms. The second-order valence-electron chi connectivity index (χ2n) is 7.09. The molecule has 8 heteroatoms. The highest BCUT2D eigenvalue weighted by molar-refractivity contribution is 6.34. The van der Waals surface area contributed by atoms with E-state index >= 15 is 0 Å². The van der Waals surface area contributed by atoms with Crippen molar-refractivity contribution in [1.82, 2.24) is 0 Å². The molecule has 1 aliphatic heterocycles. The standard InChI is InChI=1S/C23H15ClF3NO3.2C2H6/c24-15-4-1-5-16(25)20(15)22(29)28-10-2-3-12-11-13(6-9-18(12)28)19-17(26)8-7-14(21(19)27)23(30)31;2*1-2/h1,4-9,11H,2-3,10H2,(H,30,31);2*1-2H3. The van der Waals surface area contributed by atoms with Crippen molar-refractivity contribution in [2.75, 3.05) is 11.4 Å². The first-order chi connectivity index (χ1) is 16.8. The van der Waals surface area contributed by atoms with Gasteiger partial charge < -0.3 is 10.0 Å². The van der Waals surface area contributed by atoms with Crippen LogP contribution in [-0.4, -0.2) is 23.5 Å². The van der Waals surface area contributed by atoms with Crippen LogP contribution >= 0.6 is 11.6 Å². The number of carboxylic acid groups (broad SMARTS) is 1. The van der Waals surface area contributed by atoms with E-state index in [2.05, 4.69) is 0 Å². The third-order valence-electron chi connectivity index (χ3n) is 5.23. The van der Waals surface area contributed by atoms with E-state index in [4.69, 9.17) is 16.7 Å². The molecule has 1 N–H and O–H groups in total. The van der Waals surface area contributed by atoms with Gasteiger partial charge in [0, 0.05) is 12.2 Å². The summed E-state index contributed by atoms with van der Waals surface area (Å²) in [7, 11) is 0. The van der Waals surface area contributed by atoms with Gasteiger partial charge in [-0.15, -0.1) is 0 Å². The van der Waals surface area contributed by atoms with Crippen LogP contribution < -0.4 is 4.90 Å². The second kappa shape index (κ2) is 12.4. The minimum atomic E-state index is -1.50. The number of fused-ring (bicyclic) bond motifs is 1. The van der Waals surface area contributed by atoms with Crippen molar-refractivity contribution in [3.8, 4) is 11.1 Å². The summed E-state index contributed by atoms with van der Waals surface area (Å²) >= 11 is 6.03. The summed E-state index contributed by atoms with van der Waals surface area (Å²) in [4.78, 5) is 25.6. The highest BCUT2D eigenvalue weighted by atomic mass is 35.5. The zero-order valence-electron chi connectivity index (χ0n) is 20.0.